The molecular weight excluding hydrogens is 222 g/mol. The van der Waals surface area contributed by atoms with Crippen LogP contribution in [0.15, 0.2) is 24.3 Å². The first kappa shape index (κ1) is 13.2. The number of methoxy groups -OCH3 is 1. The van der Waals surface area contributed by atoms with E-state index in [9.17, 15) is 14.7 Å². The van der Waals surface area contributed by atoms with Crippen LogP contribution in [0.1, 0.15) is 5.56 Å². The molecule has 0 saturated carbocycles. The van der Waals surface area contributed by atoms with Crippen LogP contribution < -0.4 is 5.32 Å². The normalized spacial score (nSPS) is 11.8. The third kappa shape index (κ3) is 4.24. The largest absolute Gasteiger partial charge is 0.508 e. The van der Waals surface area contributed by atoms with Crippen molar-refractivity contribution in [2.75, 3.05) is 13.7 Å². The van der Waals surface area contributed by atoms with Crippen molar-refractivity contribution in [2.45, 2.75) is 12.5 Å². The number of carbonyl (C=O) groups is 2. The Morgan fingerprint density at radius 3 is 2.94 bits per heavy atom. The molecule has 0 saturated heterocycles. The Morgan fingerprint density at radius 2 is 2.35 bits per heavy atom. The van der Waals surface area contributed by atoms with Crippen molar-refractivity contribution in [3.8, 4) is 5.75 Å². The second-order valence-corrected chi connectivity index (χ2v) is 3.52. The summed E-state index contributed by atoms with van der Waals surface area (Å²) in [6, 6.07) is 6.01. The summed E-state index contributed by atoms with van der Waals surface area (Å²) in [5, 5.41) is 12.1. The number of rotatable bonds is 6. The quantitative estimate of drug-likeness (QED) is 0.548. The van der Waals surface area contributed by atoms with Crippen molar-refractivity contribution in [3.05, 3.63) is 29.8 Å². The number of benzene rings is 1. The molecule has 17 heavy (non-hydrogen) atoms. The molecule has 0 aliphatic heterocycles. The first-order valence-corrected chi connectivity index (χ1v) is 5.20. The lowest BCUT2D eigenvalue weighted by Gasteiger charge is -2.14. The van der Waals surface area contributed by atoms with Gasteiger partial charge in [-0.25, -0.2) is 0 Å². The van der Waals surface area contributed by atoms with Crippen LogP contribution in [0.25, 0.3) is 0 Å². The third-order valence-corrected chi connectivity index (χ3v) is 2.28. The Labute approximate surface area is 99.4 Å². The van der Waals surface area contributed by atoms with E-state index in [1.54, 1.807) is 24.3 Å². The number of aldehydes is 1. The van der Waals surface area contributed by atoms with E-state index in [2.05, 4.69) is 10.1 Å². The van der Waals surface area contributed by atoms with Gasteiger partial charge in [-0.1, -0.05) is 12.1 Å². The number of carbonyl (C=O) groups excluding carboxylic acids is 2. The van der Waals surface area contributed by atoms with Crippen molar-refractivity contribution in [2.24, 2.45) is 0 Å². The summed E-state index contributed by atoms with van der Waals surface area (Å²) in [4.78, 5) is 21.7. The number of hydrogen-bond donors (Lipinski definition) is 2. The topological polar surface area (TPSA) is 75.6 Å². The number of nitrogens with one attached hydrogen (secondary N) is 1. The van der Waals surface area contributed by atoms with Crippen LogP contribution in [-0.2, 0) is 20.7 Å². The Kier molecular flexibility index (Phi) is 5.16. The molecule has 1 unspecified atom stereocenters. The second kappa shape index (κ2) is 6.65. The van der Waals surface area contributed by atoms with E-state index in [0.717, 1.165) is 5.56 Å². The Morgan fingerprint density at radius 1 is 1.59 bits per heavy atom. The van der Waals surface area contributed by atoms with Crippen LogP contribution in [-0.4, -0.2) is 37.1 Å². The zero-order chi connectivity index (χ0) is 12.7. The lowest BCUT2D eigenvalue weighted by molar-refractivity contribution is -0.143. The molecule has 0 aliphatic rings. The van der Waals surface area contributed by atoms with Gasteiger partial charge in [0.2, 0.25) is 0 Å². The maximum atomic E-state index is 11.4. The SMILES string of the molecule is COC(=O)C(Cc1cccc(O)c1)NCC=O. The van der Waals surface area contributed by atoms with Crippen LogP contribution in [0.4, 0.5) is 0 Å². The van der Waals surface area contributed by atoms with Gasteiger partial charge in [-0.2, -0.15) is 0 Å². The van der Waals surface area contributed by atoms with E-state index in [0.29, 0.717) is 12.7 Å². The maximum absolute atomic E-state index is 11.4. The standard InChI is InChI=1S/C12H15NO4/c1-17-12(16)11(13-5-6-14)8-9-3-2-4-10(15)7-9/h2-4,6-7,11,13,15H,5,8H2,1H3. The minimum absolute atomic E-state index is 0.0819. The van der Waals surface area contributed by atoms with Crippen LogP contribution >= 0.6 is 0 Å². The number of aromatic hydroxyl groups is 1. The molecule has 0 radical (unpaired) electrons. The highest BCUT2D eigenvalue weighted by atomic mass is 16.5. The van der Waals surface area contributed by atoms with Gasteiger partial charge in [-0.15, -0.1) is 0 Å². The Balaban J connectivity index is 2.71. The Bertz CT molecular complexity index is 392. The highest BCUT2D eigenvalue weighted by molar-refractivity contribution is 5.76. The van der Waals surface area contributed by atoms with Crippen LogP contribution in [0.3, 0.4) is 0 Å². The number of esters is 1. The smallest absolute Gasteiger partial charge is 0.323 e. The van der Waals surface area contributed by atoms with Crippen LogP contribution in [0.5, 0.6) is 5.75 Å². The summed E-state index contributed by atoms with van der Waals surface area (Å²) < 4.78 is 4.63. The third-order valence-electron chi connectivity index (χ3n) is 2.28. The molecule has 2 N–H and O–H groups in total. The van der Waals surface area contributed by atoms with Gasteiger partial charge in [0.05, 0.1) is 13.7 Å². The molecule has 5 nitrogen and oxygen atoms in total. The highest BCUT2D eigenvalue weighted by Crippen LogP contribution is 2.12. The first-order chi connectivity index (χ1) is 8.17. The van der Waals surface area contributed by atoms with Crippen molar-refractivity contribution in [1.82, 2.24) is 5.32 Å². The lowest BCUT2D eigenvalue weighted by Crippen LogP contribution is -2.40. The molecule has 1 atom stereocenters. The van der Waals surface area contributed by atoms with Crippen LogP contribution in [0.2, 0.25) is 0 Å². The second-order valence-electron chi connectivity index (χ2n) is 3.52. The van der Waals surface area contributed by atoms with Gasteiger partial charge >= 0.3 is 5.97 Å². The van der Waals surface area contributed by atoms with Crippen molar-refractivity contribution in [3.63, 3.8) is 0 Å². The van der Waals surface area contributed by atoms with E-state index in [1.165, 1.54) is 7.11 Å². The zero-order valence-electron chi connectivity index (χ0n) is 9.55. The van der Waals surface area contributed by atoms with Gasteiger partial charge < -0.3 is 14.6 Å². The molecule has 0 aliphatic carbocycles. The monoisotopic (exact) mass is 237 g/mol. The van der Waals surface area contributed by atoms with E-state index in [1.807, 2.05) is 0 Å². The highest BCUT2D eigenvalue weighted by Gasteiger charge is 2.18. The molecule has 1 rings (SSSR count). The van der Waals surface area contributed by atoms with Gasteiger partial charge in [0.25, 0.3) is 0 Å². The van der Waals surface area contributed by atoms with Crippen molar-refractivity contribution < 1.29 is 19.4 Å². The number of phenolic OH excluding ortho intramolecular Hbond substituents is 1. The van der Waals surface area contributed by atoms with Gasteiger partial charge in [0.15, 0.2) is 0 Å². The predicted molar refractivity (Wildman–Crippen MR) is 61.7 cm³/mol. The molecule has 1 aromatic rings. The number of phenols is 1. The molecular formula is C12H15NO4. The predicted octanol–water partition coefficient (Wildman–Crippen LogP) is 0.265. The average Bonchev–Trinajstić information content (AvgIpc) is 2.33. The van der Waals surface area contributed by atoms with E-state index < -0.39 is 12.0 Å². The van der Waals surface area contributed by atoms with Crippen molar-refractivity contribution in [1.29, 1.82) is 0 Å². The molecule has 0 fully saturated rings. The number of hydrogen-bond acceptors (Lipinski definition) is 5. The minimum Gasteiger partial charge on any atom is -0.508 e. The molecule has 5 heteroatoms. The zero-order valence-corrected chi connectivity index (χ0v) is 9.55. The molecule has 92 valence electrons. The van der Waals surface area contributed by atoms with E-state index >= 15 is 0 Å². The molecule has 0 spiro atoms. The fourth-order valence-electron chi connectivity index (χ4n) is 1.49. The summed E-state index contributed by atoms with van der Waals surface area (Å²) in [7, 11) is 1.29. The van der Waals surface area contributed by atoms with Gasteiger partial charge in [0, 0.05) is 0 Å². The summed E-state index contributed by atoms with van der Waals surface area (Å²) in [5.41, 5.74) is 0.791. The fourth-order valence-corrected chi connectivity index (χ4v) is 1.49. The minimum atomic E-state index is -0.591. The van der Waals surface area contributed by atoms with Gasteiger partial charge in [-0.05, 0) is 24.1 Å². The summed E-state index contributed by atoms with van der Waals surface area (Å²) in [6.07, 6.45) is 1.04. The molecule has 0 amide bonds. The van der Waals surface area contributed by atoms with E-state index in [-0.39, 0.29) is 12.3 Å². The van der Waals surface area contributed by atoms with Gasteiger partial charge in [0.1, 0.15) is 18.1 Å². The molecule has 1 aromatic carbocycles. The van der Waals surface area contributed by atoms with Crippen LogP contribution in [0, 0.1) is 0 Å². The summed E-state index contributed by atoms with van der Waals surface area (Å²) in [5.74, 6) is -0.295. The van der Waals surface area contributed by atoms with Crippen molar-refractivity contribution >= 4 is 12.3 Å². The number of ether oxygens (including phenoxy) is 1. The average molecular weight is 237 g/mol. The molecule has 0 bridgehead atoms. The summed E-state index contributed by atoms with van der Waals surface area (Å²) >= 11 is 0. The lowest BCUT2D eigenvalue weighted by atomic mass is 10.1. The molecule has 0 aromatic heterocycles. The first-order valence-electron chi connectivity index (χ1n) is 5.20. The van der Waals surface area contributed by atoms with Gasteiger partial charge in [-0.3, -0.25) is 10.1 Å². The molecule has 0 heterocycles. The Hall–Kier alpha value is -1.88. The fraction of sp³-hybridized carbons (Fsp3) is 0.333. The summed E-state index contributed by atoms with van der Waals surface area (Å²) in [6.45, 7) is 0.0819. The maximum Gasteiger partial charge on any atom is 0.323 e. The van der Waals surface area contributed by atoms with E-state index in [4.69, 9.17) is 0 Å².